The number of hydrogen-bond donors (Lipinski definition) is 4. The van der Waals surface area contributed by atoms with Crippen molar-refractivity contribution in [2.45, 2.75) is 9.79 Å². The Morgan fingerprint density at radius 3 is 2.08 bits per heavy atom. The number of nitrogens with two attached hydrogens (primary N) is 1. The number of fused-ring (bicyclic) bond motifs is 1. The summed E-state index contributed by atoms with van der Waals surface area (Å²) in [6.45, 7) is 0. The van der Waals surface area contributed by atoms with E-state index in [4.69, 9.17) is 10.5 Å². The number of amides is 1. The first-order valence-electron chi connectivity index (χ1n) is 10.6. The van der Waals surface area contributed by atoms with Crippen LogP contribution in [-0.2, 0) is 20.2 Å². The van der Waals surface area contributed by atoms with Crippen molar-refractivity contribution in [3.8, 4) is 5.75 Å². The number of nitrogens with one attached hydrogen (secondary N) is 1. The summed E-state index contributed by atoms with van der Waals surface area (Å²) in [7, 11) is -8.15. The first kappa shape index (κ1) is 26.7. The number of carbonyl (C=O) groups is 1. The average molecular weight is 557 g/mol. The molecule has 12 nitrogen and oxygen atoms in total. The lowest BCUT2D eigenvalue weighted by Gasteiger charge is -2.11. The van der Waals surface area contributed by atoms with E-state index >= 15 is 0 Å². The van der Waals surface area contributed by atoms with Gasteiger partial charge in [-0.25, -0.2) is 0 Å². The average Bonchev–Trinajstić information content (AvgIpc) is 2.86. The molecule has 0 bridgehead atoms. The highest BCUT2D eigenvalue weighted by Crippen LogP contribution is 2.33. The van der Waals surface area contributed by atoms with E-state index in [9.17, 15) is 30.7 Å². The van der Waals surface area contributed by atoms with Gasteiger partial charge in [0.25, 0.3) is 26.1 Å². The maximum Gasteiger partial charge on any atom is 0.295 e. The Bertz CT molecular complexity index is 1800. The highest BCUT2D eigenvalue weighted by atomic mass is 32.2. The molecule has 4 rings (SSSR count). The van der Waals surface area contributed by atoms with Gasteiger partial charge in [-0.1, -0.05) is 6.07 Å². The van der Waals surface area contributed by atoms with Crippen molar-refractivity contribution in [2.24, 2.45) is 10.2 Å². The van der Waals surface area contributed by atoms with E-state index in [1.807, 2.05) is 0 Å². The number of nitrogens with zero attached hydrogens (tertiary/aromatic N) is 2. The third-order valence-corrected chi connectivity index (χ3v) is 7.06. The maximum absolute atomic E-state index is 12.5. The summed E-state index contributed by atoms with van der Waals surface area (Å²) in [6, 6.07) is 16.8. The number of methoxy groups -OCH3 is 1. The number of rotatable bonds is 7. The molecule has 4 aromatic carbocycles. The van der Waals surface area contributed by atoms with Gasteiger partial charge in [0.2, 0.25) is 0 Å². The molecular weight excluding hydrogens is 536 g/mol. The lowest BCUT2D eigenvalue weighted by molar-refractivity contribution is 0.102. The van der Waals surface area contributed by atoms with Gasteiger partial charge in [0.1, 0.15) is 10.6 Å². The van der Waals surface area contributed by atoms with Crippen LogP contribution in [0.2, 0.25) is 0 Å². The Hall–Kier alpha value is -4.37. The Labute approximate surface area is 217 Å². The molecule has 14 heteroatoms. The second-order valence-electron chi connectivity index (χ2n) is 7.94. The maximum atomic E-state index is 12.5. The molecule has 1 amide bonds. The molecule has 0 aliphatic carbocycles. The summed E-state index contributed by atoms with van der Waals surface area (Å²) in [5.74, 6) is -0.0679. The molecule has 0 saturated carbocycles. The van der Waals surface area contributed by atoms with Crippen LogP contribution in [0.25, 0.3) is 10.8 Å². The van der Waals surface area contributed by atoms with Crippen LogP contribution in [0.1, 0.15) is 10.4 Å². The molecule has 0 fully saturated rings. The Morgan fingerprint density at radius 2 is 1.47 bits per heavy atom. The van der Waals surface area contributed by atoms with E-state index in [1.54, 1.807) is 36.4 Å². The van der Waals surface area contributed by atoms with Gasteiger partial charge in [0.15, 0.2) is 0 Å². The molecule has 0 aliphatic rings. The lowest BCUT2D eigenvalue weighted by atomic mass is 10.1. The van der Waals surface area contributed by atoms with Crippen LogP contribution in [-0.4, -0.2) is 39.0 Å². The Kier molecular flexibility index (Phi) is 7.15. The van der Waals surface area contributed by atoms with E-state index in [0.29, 0.717) is 34.4 Å². The number of benzene rings is 4. The third-order valence-electron chi connectivity index (χ3n) is 5.33. The van der Waals surface area contributed by atoms with Gasteiger partial charge in [-0.05, 0) is 66.0 Å². The number of nitrogen functional groups attached to an aromatic ring is 1. The second kappa shape index (κ2) is 10.2. The van der Waals surface area contributed by atoms with Crippen LogP contribution in [0.5, 0.6) is 5.75 Å². The zero-order valence-electron chi connectivity index (χ0n) is 19.6. The molecule has 38 heavy (non-hydrogen) atoms. The Morgan fingerprint density at radius 1 is 0.842 bits per heavy atom. The summed E-state index contributed by atoms with van der Waals surface area (Å²) >= 11 is 0. The largest absolute Gasteiger partial charge is 0.494 e. The lowest BCUT2D eigenvalue weighted by Crippen LogP contribution is -2.12. The third kappa shape index (κ3) is 5.95. The molecule has 0 unspecified atom stereocenters. The summed E-state index contributed by atoms with van der Waals surface area (Å²) in [5.41, 5.74) is 7.51. The molecule has 0 spiro atoms. The van der Waals surface area contributed by atoms with E-state index in [2.05, 4.69) is 15.5 Å². The van der Waals surface area contributed by atoms with Crippen molar-refractivity contribution in [2.75, 3.05) is 18.2 Å². The quantitative estimate of drug-likeness (QED) is 0.143. The normalized spacial score (nSPS) is 12.1. The van der Waals surface area contributed by atoms with Gasteiger partial charge < -0.3 is 15.8 Å². The highest BCUT2D eigenvalue weighted by molar-refractivity contribution is 7.86. The van der Waals surface area contributed by atoms with Gasteiger partial charge in [-0.15, -0.1) is 0 Å². The zero-order chi connectivity index (χ0) is 27.7. The van der Waals surface area contributed by atoms with Gasteiger partial charge >= 0.3 is 0 Å². The van der Waals surface area contributed by atoms with Crippen molar-refractivity contribution >= 4 is 59.7 Å². The SMILES string of the molecule is COc1cc(N=Nc2ccc3c(S(=O)(=O)O)cc(S(=O)(=O)O)cc3c2)ccc1NC(=O)c1ccc(N)cc1. The number of azo groups is 1. The smallest absolute Gasteiger partial charge is 0.295 e. The molecule has 0 heterocycles. The standard InChI is InChI=1S/C24H20N4O8S2/c1-36-22-12-18(7-9-21(22)26-24(29)14-2-4-16(25)5-3-14)28-27-17-6-8-20-15(10-17)11-19(37(30,31)32)13-23(20)38(33,34)35/h2-13H,25H2,1H3,(H,26,29)(H,30,31,32)(H,33,34,35). The van der Waals surface area contributed by atoms with Gasteiger partial charge in [-0.2, -0.15) is 27.1 Å². The molecule has 0 aliphatic heterocycles. The fourth-order valence-corrected chi connectivity index (χ4v) is 4.87. The molecular formula is C24H20N4O8S2. The Balaban J connectivity index is 1.64. The van der Waals surface area contributed by atoms with Gasteiger partial charge in [-0.3, -0.25) is 13.9 Å². The summed E-state index contributed by atoms with van der Waals surface area (Å²) in [4.78, 5) is 11.1. The fraction of sp³-hybridized carbons (Fsp3) is 0.0417. The monoisotopic (exact) mass is 556 g/mol. The summed E-state index contributed by atoms with van der Waals surface area (Å²) in [5, 5.41) is 11.0. The van der Waals surface area contributed by atoms with Crippen LogP contribution in [0.15, 0.2) is 92.8 Å². The van der Waals surface area contributed by atoms with Crippen LogP contribution >= 0.6 is 0 Å². The zero-order valence-corrected chi connectivity index (χ0v) is 21.2. The van der Waals surface area contributed by atoms with Crippen molar-refractivity contribution < 1.29 is 35.5 Å². The van der Waals surface area contributed by atoms with E-state index < -0.39 is 30.0 Å². The van der Waals surface area contributed by atoms with Crippen molar-refractivity contribution in [3.05, 3.63) is 78.4 Å². The van der Waals surface area contributed by atoms with Crippen molar-refractivity contribution in [1.29, 1.82) is 0 Å². The molecule has 4 aromatic rings. The minimum atomic E-state index is -4.80. The van der Waals surface area contributed by atoms with Gasteiger partial charge in [0.05, 0.1) is 29.1 Å². The minimum Gasteiger partial charge on any atom is -0.494 e. The van der Waals surface area contributed by atoms with E-state index in [-0.39, 0.29) is 22.4 Å². The predicted octanol–water partition coefficient (Wildman–Crippen LogP) is 4.59. The van der Waals surface area contributed by atoms with Crippen LogP contribution < -0.4 is 15.8 Å². The van der Waals surface area contributed by atoms with Gasteiger partial charge in [0, 0.05) is 22.7 Å². The number of hydrogen-bond acceptors (Lipinski definition) is 9. The number of ether oxygens (including phenoxy) is 1. The molecule has 0 saturated heterocycles. The van der Waals surface area contributed by atoms with Crippen molar-refractivity contribution in [3.63, 3.8) is 0 Å². The summed E-state index contributed by atoms with van der Waals surface area (Å²) < 4.78 is 70.9. The molecule has 0 atom stereocenters. The second-order valence-corrected chi connectivity index (χ2v) is 10.7. The molecule has 5 N–H and O–H groups in total. The van der Waals surface area contributed by atoms with Crippen molar-refractivity contribution in [1.82, 2.24) is 0 Å². The van der Waals surface area contributed by atoms with Crippen LogP contribution in [0.4, 0.5) is 22.7 Å². The molecule has 0 radical (unpaired) electrons. The van der Waals surface area contributed by atoms with Crippen LogP contribution in [0, 0.1) is 0 Å². The number of anilines is 2. The number of carbonyl (C=O) groups excluding carboxylic acids is 1. The first-order valence-corrected chi connectivity index (χ1v) is 13.5. The van der Waals surface area contributed by atoms with E-state index in [0.717, 1.165) is 6.07 Å². The first-order chi connectivity index (χ1) is 17.8. The summed E-state index contributed by atoms with van der Waals surface area (Å²) in [6.07, 6.45) is 0. The van der Waals surface area contributed by atoms with Crippen LogP contribution in [0.3, 0.4) is 0 Å². The minimum absolute atomic E-state index is 0.0155. The predicted molar refractivity (Wildman–Crippen MR) is 140 cm³/mol. The molecule has 196 valence electrons. The van der Waals surface area contributed by atoms with E-state index in [1.165, 1.54) is 31.4 Å². The fourth-order valence-electron chi connectivity index (χ4n) is 3.51. The molecule has 0 aromatic heterocycles. The topological polar surface area (TPSA) is 198 Å². The highest BCUT2D eigenvalue weighted by Gasteiger charge is 2.20.